The van der Waals surface area contributed by atoms with E-state index in [1.807, 2.05) is 0 Å². The van der Waals surface area contributed by atoms with Crippen LogP contribution in [-0.4, -0.2) is 68.7 Å². The van der Waals surface area contributed by atoms with Crippen molar-refractivity contribution in [3.63, 3.8) is 0 Å². The highest BCUT2D eigenvalue weighted by Gasteiger charge is 2.34. The minimum absolute atomic E-state index is 0.0653. The Kier molecular flexibility index (Phi) is 7.99. The van der Waals surface area contributed by atoms with Crippen LogP contribution in [0.2, 0.25) is 5.02 Å². The summed E-state index contributed by atoms with van der Waals surface area (Å²) in [4.78, 5) is 23.5. The zero-order chi connectivity index (χ0) is 19.9. The predicted octanol–water partition coefficient (Wildman–Crippen LogP) is -0.308. The molecule has 2 amide bonds. The molecule has 0 aliphatic carbocycles. The van der Waals surface area contributed by atoms with Gasteiger partial charge in [-0.1, -0.05) is 11.6 Å². The Balaban J connectivity index is 2.01. The number of carbonyl (C=O) groups excluding carboxylic acids is 2. The lowest BCUT2D eigenvalue weighted by atomic mass is 10.3. The molecule has 11 heteroatoms. The summed E-state index contributed by atoms with van der Waals surface area (Å²) in [6, 6.07) is 5.76. The SMILES string of the molecule is O=C(NCCCO)C(=O)NCC1OCCCN1S(=O)(=O)c1ccc(Cl)cc1. The molecule has 2 rings (SSSR count). The monoisotopic (exact) mass is 419 g/mol. The first-order valence-corrected chi connectivity index (χ1v) is 10.2. The number of hydrogen-bond donors (Lipinski definition) is 3. The smallest absolute Gasteiger partial charge is 0.309 e. The number of aliphatic hydroxyl groups is 1. The summed E-state index contributed by atoms with van der Waals surface area (Å²) in [6.45, 7) is 0.470. The molecule has 1 atom stereocenters. The normalized spacial score (nSPS) is 18.1. The van der Waals surface area contributed by atoms with Crippen molar-refractivity contribution >= 4 is 33.4 Å². The van der Waals surface area contributed by atoms with Crippen molar-refractivity contribution in [1.29, 1.82) is 0 Å². The summed E-state index contributed by atoms with van der Waals surface area (Å²) in [5.41, 5.74) is 0. The van der Waals surface area contributed by atoms with Crippen LogP contribution < -0.4 is 10.6 Å². The highest BCUT2D eigenvalue weighted by atomic mass is 35.5. The summed E-state index contributed by atoms with van der Waals surface area (Å²) in [7, 11) is -3.84. The Morgan fingerprint density at radius 3 is 2.56 bits per heavy atom. The lowest BCUT2D eigenvalue weighted by Gasteiger charge is -2.34. The number of nitrogens with one attached hydrogen (secondary N) is 2. The second kappa shape index (κ2) is 10.00. The van der Waals surface area contributed by atoms with Gasteiger partial charge < -0.3 is 20.5 Å². The third-order valence-corrected chi connectivity index (χ3v) is 5.99. The van der Waals surface area contributed by atoms with Crippen molar-refractivity contribution in [2.45, 2.75) is 24.0 Å². The number of amides is 2. The molecule has 1 aromatic carbocycles. The Morgan fingerprint density at radius 1 is 1.22 bits per heavy atom. The van der Waals surface area contributed by atoms with Crippen molar-refractivity contribution < 1.29 is 27.9 Å². The molecule has 1 heterocycles. The lowest BCUT2D eigenvalue weighted by Crippen LogP contribution is -2.53. The van der Waals surface area contributed by atoms with Crippen molar-refractivity contribution in [3.05, 3.63) is 29.3 Å². The van der Waals surface area contributed by atoms with E-state index in [2.05, 4.69) is 10.6 Å². The van der Waals surface area contributed by atoms with E-state index in [0.717, 1.165) is 4.31 Å². The molecule has 1 saturated heterocycles. The van der Waals surface area contributed by atoms with Crippen LogP contribution in [0.25, 0.3) is 0 Å². The van der Waals surface area contributed by atoms with Crippen molar-refractivity contribution in [2.75, 3.05) is 32.8 Å². The van der Waals surface area contributed by atoms with Crippen LogP contribution >= 0.6 is 11.6 Å². The number of halogens is 1. The molecule has 3 N–H and O–H groups in total. The van der Waals surface area contributed by atoms with Crippen LogP contribution in [0.15, 0.2) is 29.2 Å². The topological polar surface area (TPSA) is 125 Å². The second-order valence-corrected chi connectivity index (χ2v) is 8.12. The first-order valence-electron chi connectivity index (χ1n) is 8.42. The maximum atomic E-state index is 12.8. The third kappa shape index (κ3) is 5.88. The van der Waals surface area contributed by atoms with Crippen LogP contribution in [0.1, 0.15) is 12.8 Å². The molecule has 9 nitrogen and oxygen atoms in total. The summed E-state index contributed by atoms with van der Waals surface area (Å²) in [6.07, 6.45) is -0.0785. The van der Waals surface area contributed by atoms with Gasteiger partial charge in [0, 0.05) is 24.7 Å². The van der Waals surface area contributed by atoms with E-state index in [-0.39, 0.29) is 31.1 Å². The molecule has 0 saturated carbocycles. The Labute approximate surface area is 162 Å². The lowest BCUT2D eigenvalue weighted by molar-refractivity contribution is -0.140. The second-order valence-electron chi connectivity index (χ2n) is 5.79. The van der Waals surface area contributed by atoms with E-state index >= 15 is 0 Å². The number of benzene rings is 1. The first kappa shape index (κ1) is 21.6. The average Bonchev–Trinajstić information content (AvgIpc) is 2.66. The third-order valence-electron chi connectivity index (χ3n) is 3.84. The zero-order valence-electron chi connectivity index (χ0n) is 14.6. The van der Waals surface area contributed by atoms with E-state index in [1.165, 1.54) is 24.3 Å². The van der Waals surface area contributed by atoms with E-state index in [0.29, 0.717) is 24.5 Å². The number of aliphatic hydroxyl groups excluding tert-OH is 1. The van der Waals surface area contributed by atoms with Gasteiger partial charge in [0.1, 0.15) is 6.23 Å². The number of carbonyl (C=O) groups is 2. The molecule has 1 aliphatic rings. The van der Waals surface area contributed by atoms with E-state index in [4.69, 9.17) is 21.4 Å². The van der Waals surface area contributed by atoms with Gasteiger partial charge >= 0.3 is 11.8 Å². The summed E-state index contributed by atoms with van der Waals surface area (Å²) >= 11 is 5.80. The van der Waals surface area contributed by atoms with Crippen LogP contribution in [-0.2, 0) is 24.3 Å². The molecule has 0 spiro atoms. The minimum atomic E-state index is -3.84. The molecule has 0 aromatic heterocycles. The summed E-state index contributed by atoms with van der Waals surface area (Å²) in [5, 5.41) is 13.8. The molecular weight excluding hydrogens is 398 g/mol. The Hall–Kier alpha value is -1.72. The first-order chi connectivity index (χ1) is 12.9. The fourth-order valence-corrected chi connectivity index (χ4v) is 4.16. The van der Waals surface area contributed by atoms with Gasteiger partial charge in [0.05, 0.1) is 18.0 Å². The molecule has 150 valence electrons. The summed E-state index contributed by atoms with van der Waals surface area (Å²) < 4.78 is 32.3. The maximum Gasteiger partial charge on any atom is 0.309 e. The molecule has 1 aromatic rings. The van der Waals surface area contributed by atoms with Crippen molar-refractivity contribution in [1.82, 2.24) is 14.9 Å². The van der Waals surface area contributed by atoms with Gasteiger partial charge in [-0.3, -0.25) is 9.59 Å². The maximum absolute atomic E-state index is 12.8. The fraction of sp³-hybridized carbons (Fsp3) is 0.500. The number of rotatable bonds is 7. The van der Waals surface area contributed by atoms with E-state index in [9.17, 15) is 18.0 Å². The molecule has 27 heavy (non-hydrogen) atoms. The van der Waals surface area contributed by atoms with Gasteiger partial charge in [-0.15, -0.1) is 0 Å². The molecule has 1 unspecified atom stereocenters. The highest BCUT2D eigenvalue weighted by Crippen LogP contribution is 2.23. The van der Waals surface area contributed by atoms with E-state index < -0.39 is 28.1 Å². The van der Waals surface area contributed by atoms with Gasteiger partial charge in [0.25, 0.3) is 0 Å². The van der Waals surface area contributed by atoms with E-state index in [1.54, 1.807) is 0 Å². The van der Waals surface area contributed by atoms with Crippen molar-refractivity contribution in [2.24, 2.45) is 0 Å². The van der Waals surface area contributed by atoms with Crippen LogP contribution in [0, 0.1) is 0 Å². The standard InChI is InChI=1S/C16H22ClN3O6S/c17-12-3-5-13(6-4-12)27(24,25)20-8-2-10-26-14(20)11-19-16(23)15(22)18-7-1-9-21/h3-6,14,21H,1-2,7-11H2,(H,18,22)(H,19,23). The summed E-state index contributed by atoms with van der Waals surface area (Å²) in [5.74, 6) is -1.75. The number of sulfonamides is 1. The quantitative estimate of drug-likeness (QED) is 0.411. The molecule has 1 fully saturated rings. The minimum Gasteiger partial charge on any atom is -0.396 e. The van der Waals surface area contributed by atoms with Gasteiger partial charge in [0.2, 0.25) is 10.0 Å². The van der Waals surface area contributed by atoms with Gasteiger partial charge in [-0.2, -0.15) is 4.31 Å². The molecule has 0 bridgehead atoms. The van der Waals surface area contributed by atoms with Crippen LogP contribution in [0.3, 0.4) is 0 Å². The predicted molar refractivity (Wildman–Crippen MR) is 97.4 cm³/mol. The van der Waals surface area contributed by atoms with Gasteiger partial charge in [-0.05, 0) is 37.1 Å². The van der Waals surface area contributed by atoms with Crippen LogP contribution in [0.5, 0.6) is 0 Å². The number of ether oxygens (including phenoxy) is 1. The van der Waals surface area contributed by atoms with Gasteiger partial charge in [-0.25, -0.2) is 8.42 Å². The molecular formula is C16H22ClN3O6S. The van der Waals surface area contributed by atoms with Crippen LogP contribution in [0.4, 0.5) is 0 Å². The Bertz CT molecular complexity index is 756. The van der Waals surface area contributed by atoms with Crippen molar-refractivity contribution in [3.8, 4) is 0 Å². The highest BCUT2D eigenvalue weighted by molar-refractivity contribution is 7.89. The molecule has 1 aliphatic heterocycles. The largest absolute Gasteiger partial charge is 0.396 e. The fourth-order valence-electron chi connectivity index (χ4n) is 2.47. The molecule has 0 radical (unpaired) electrons. The van der Waals surface area contributed by atoms with Gasteiger partial charge in [0.15, 0.2) is 0 Å². The zero-order valence-corrected chi connectivity index (χ0v) is 16.1. The Morgan fingerprint density at radius 2 is 1.89 bits per heavy atom. The average molecular weight is 420 g/mol. The number of nitrogens with zero attached hydrogens (tertiary/aromatic N) is 1. The number of hydrogen-bond acceptors (Lipinski definition) is 6.